The number of nitrogens with zero attached hydrogens (tertiary/aromatic N) is 1. The third kappa shape index (κ3) is 3.85. The summed E-state index contributed by atoms with van der Waals surface area (Å²) in [6, 6.07) is 9.54. The van der Waals surface area contributed by atoms with Gasteiger partial charge in [0.2, 0.25) is 0 Å². The molecule has 1 saturated carbocycles. The molecule has 0 atom stereocenters. The van der Waals surface area contributed by atoms with E-state index >= 15 is 0 Å². The molecule has 1 aliphatic rings. The minimum absolute atomic E-state index is 0.380. The summed E-state index contributed by atoms with van der Waals surface area (Å²) in [5, 5.41) is 0. The first-order valence-electron chi connectivity index (χ1n) is 7.03. The van der Waals surface area contributed by atoms with Gasteiger partial charge in [0.1, 0.15) is 0 Å². The smallest absolute Gasteiger partial charge is 0.419 e. The Hall–Kier alpha value is -1.29. The lowest BCUT2D eigenvalue weighted by Crippen LogP contribution is -2.28. The van der Waals surface area contributed by atoms with Gasteiger partial charge in [-0.1, -0.05) is 37.5 Å². The van der Waals surface area contributed by atoms with Crippen molar-refractivity contribution in [1.82, 2.24) is 0 Å². The highest BCUT2D eigenvalue weighted by atomic mass is 79.9. The Morgan fingerprint density at radius 2 is 1.90 bits per heavy atom. The molecule has 3 nitrogen and oxygen atoms in total. The lowest BCUT2D eigenvalue weighted by Gasteiger charge is -2.24. The van der Waals surface area contributed by atoms with Crippen LogP contribution in [0.2, 0.25) is 0 Å². The van der Waals surface area contributed by atoms with E-state index in [0.717, 1.165) is 10.3 Å². The van der Waals surface area contributed by atoms with E-state index in [1.165, 1.54) is 39.2 Å². The molecule has 1 aromatic carbocycles. The Morgan fingerprint density at radius 3 is 2.50 bits per heavy atom. The number of methoxy groups -OCH3 is 1. The Labute approximate surface area is 128 Å². The van der Waals surface area contributed by atoms with Crippen LogP contribution < -0.4 is 4.90 Å². The van der Waals surface area contributed by atoms with Crippen LogP contribution in [-0.2, 0) is 4.74 Å². The summed E-state index contributed by atoms with van der Waals surface area (Å²) in [6.45, 7) is 0. The maximum atomic E-state index is 12.0. The molecule has 1 aromatic rings. The molecule has 0 saturated heterocycles. The summed E-state index contributed by atoms with van der Waals surface area (Å²) >= 11 is 3.54. The van der Waals surface area contributed by atoms with Crippen molar-refractivity contribution >= 4 is 27.7 Å². The number of anilines is 1. The van der Waals surface area contributed by atoms with Crippen LogP contribution in [0.25, 0.3) is 0 Å². The van der Waals surface area contributed by atoms with Crippen molar-refractivity contribution in [3.8, 4) is 0 Å². The van der Waals surface area contributed by atoms with Gasteiger partial charge in [0.25, 0.3) is 0 Å². The second-order valence-corrected chi connectivity index (χ2v) is 5.84. The Kier molecular flexibility index (Phi) is 5.65. The van der Waals surface area contributed by atoms with Gasteiger partial charge in [-0.3, -0.25) is 0 Å². The summed E-state index contributed by atoms with van der Waals surface area (Å²) in [7, 11) is 1.40. The second kappa shape index (κ2) is 7.48. The van der Waals surface area contributed by atoms with Crippen molar-refractivity contribution in [2.75, 3.05) is 12.0 Å². The number of carbonyl (C=O) groups excluding carboxylic acids is 1. The normalized spacial score (nSPS) is 16.8. The highest BCUT2D eigenvalue weighted by Crippen LogP contribution is 2.30. The van der Waals surface area contributed by atoms with Crippen LogP contribution >= 0.6 is 15.9 Å². The number of benzene rings is 1. The van der Waals surface area contributed by atoms with E-state index in [1.807, 2.05) is 30.3 Å². The summed E-state index contributed by atoms with van der Waals surface area (Å²) in [5.74, 6) is 0.536. The third-order valence-electron chi connectivity index (χ3n) is 3.61. The van der Waals surface area contributed by atoms with E-state index in [0.29, 0.717) is 5.92 Å². The second-order valence-electron chi connectivity index (χ2n) is 5.03. The molecule has 4 heteroatoms. The van der Waals surface area contributed by atoms with E-state index in [1.54, 1.807) is 4.90 Å². The molecule has 1 fully saturated rings. The number of allylic oxidation sites excluding steroid dienone is 1. The molecule has 0 unspecified atom stereocenters. The van der Waals surface area contributed by atoms with Gasteiger partial charge >= 0.3 is 6.09 Å². The number of rotatable bonds is 3. The Balaban J connectivity index is 2.22. The topological polar surface area (TPSA) is 29.5 Å². The van der Waals surface area contributed by atoms with Crippen LogP contribution in [0.15, 0.2) is 41.0 Å². The van der Waals surface area contributed by atoms with Crippen molar-refractivity contribution < 1.29 is 9.53 Å². The molecule has 2 rings (SSSR count). The van der Waals surface area contributed by atoms with Crippen LogP contribution in [0.5, 0.6) is 0 Å². The lowest BCUT2D eigenvalue weighted by molar-refractivity contribution is 0.181. The van der Waals surface area contributed by atoms with Gasteiger partial charge in [0.15, 0.2) is 0 Å². The lowest BCUT2D eigenvalue weighted by atomic mass is 9.89. The first kappa shape index (κ1) is 15.1. The standard InChI is InChI=1S/C16H20BrNO2/c1-20-16(19)18(14-10-6-3-7-11-14)15(17)12-13-8-4-2-5-9-13/h3,6-7,10-13H,2,4-5,8-9H2,1H3/b15-12-. The van der Waals surface area contributed by atoms with Gasteiger partial charge in [0, 0.05) is 0 Å². The van der Waals surface area contributed by atoms with Crippen LogP contribution in [0.1, 0.15) is 32.1 Å². The molecule has 0 aliphatic heterocycles. The predicted octanol–water partition coefficient (Wildman–Crippen LogP) is 5.08. The molecule has 0 N–H and O–H groups in total. The minimum atomic E-state index is -0.380. The molecule has 1 aliphatic carbocycles. The van der Waals surface area contributed by atoms with Gasteiger partial charge in [0.05, 0.1) is 17.4 Å². The van der Waals surface area contributed by atoms with Crippen molar-refractivity contribution in [2.45, 2.75) is 32.1 Å². The maximum Gasteiger partial charge on any atom is 0.419 e. The minimum Gasteiger partial charge on any atom is -0.452 e. The first-order chi connectivity index (χ1) is 9.72. The Bertz CT molecular complexity index is 467. The monoisotopic (exact) mass is 337 g/mol. The highest BCUT2D eigenvalue weighted by molar-refractivity contribution is 9.11. The van der Waals surface area contributed by atoms with Gasteiger partial charge < -0.3 is 4.74 Å². The fourth-order valence-corrected chi connectivity index (χ4v) is 3.28. The quantitative estimate of drug-likeness (QED) is 0.720. The third-order valence-corrected chi connectivity index (χ3v) is 4.23. The highest BCUT2D eigenvalue weighted by Gasteiger charge is 2.21. The number of amides is 1. The van der Waals surface area contributed by atoms with Crippen molar-refractivity contribution in [2.24, 2.45) is 5.92 Å². The van der Waals surface area contributed by atoms with E-state index in [9.17, 15) is 4.79 Å². The van der Waals surface area contributed by atoms with E-state index < -0.39 is 0 Å². The van der Waals surface area contributed by atoms with Gasteiger partial charge in [-0.15, -0.1) is 0 Å². The van der Waals surface area contributed by atoms with Crippen LogP contribution in [0.3, 0.4) is 0 Å². The molecule has 0 bridgehead atoms. The van der Waals surface area contributed by atoms with Crippen LogP contribution in [0, 0.1) is 5.92 Å². The van der Waals surface area contributed by atoms with E-state index in [4.69, 9.17) is 4.74 Å². The SMILES string of the molecule is COC(=O)N(/C(Br)=C\C1CCCCC1)c1ccccc1. The summed E-state index contributed by atoms with van der Waals surface area (Å²) < 4.78 is 5.66. The molecular formula is C16H20BrNO2. The van der Waals surface area contributed by atoms with Crippen molar-refractivity contribution in [1.29, 1.82) is 0 Å². The van der Waals surface area contributed by atoms with E-state index in [2.05, 4.69) is 22.0 Å². The number of para-hydroxylation sites is 1. The average Bonchev–Trinajstić information content (AvgIpc) is 2.49. The number of hydrogen-bond donors (Lipinski definition) is 0. The van der Waals surface area contributed by atoms with Crippen LogP contribution in [0.4, 0.5) is 10.5 Å². The largest absolute Gasteiger partial charge is 0.452 e. The van der Waals surface area contributed by atoms with Gasteiger partial charge in [-0.25, -0.2) is 9.69 Å². The number of hydrogen-bond acceptors (Lipinski definition) is 2. The molecule has 0 radical (unpaired) electrons. The molecule has 0 heterocycles. The van der Waals surface area contributed by atoms with E-state index in [-0.39, 0.29) is 6.09 Å². The number of carbonyl (C=O) groups is 1. The molecule has 108 valence electrons. The molecule has 1 amide bonds. The van der Waals surface area contributed by atoms with Gasteiger partial charge in [-0.2, -0.15) is 0 Å². The zero-order valence-corrected chi connectivity index (χ0v) is 13.3. The zero-order chi connectivity index (χ0) is 14.4. The van der Waals surface area contributed by atoms with Crippen molar-refractivity contribution in [3.63, 3.8) is 0 Å². The number of ether oxygens (including phenoxy) is 1. The van der Waals surface area contributed by atoms with Gasteiger partial charge in [-0.05, 0) is 52.9 Å². The summed E-state index contributed by atoms with van der Waals surface area (Å²) in [4.78, 5) is 13.6. The van der Waals surface area contributed by atoms with Crippen LogP contribution in [-0.4, -0.2) is 13.2 Å². The molecule has 0 spiro atoms. The average molecular weight is 338 g/mol. The molecule has 20 heavy (non-hydrogen) atoms. The fourth-order valence-electron chi connectivity index (χ4n) is 2.55. The first-order valence-corrected chi connectivity index (χ1v) is 7.82. The predicted molar refractivity (Wildman–Crippen MR) is 84.9 cm³/mol. The summed E-state index contributed by atoms with van der Waals surface area (Å²) in [6.07, 6.45) is 8.01. The van der Waals surface area contributed by atoms with Crippen molar-refractivity contribution in [3.05, 3.63) is 41.0 Å². The maximum absolute atomic E-state index is 12.0. The fraction of sp³-hybridized carbons (Fsp3) is 0.438. The summed E-state index contributed by atoms with van der Waals surface area (Å²) in [5.41, 5.74) is 0.804. The molecular weight excluding hydrogens is 318 g/mol. The number of halogens is 1. The Morgan fingerprint density at radius 1 is 1.25 bits per heavy atom. The zero-order valence-electron chi connectivity index (χ0n) is 11.7. The molecule has 0 aromatic heterocycles.